The van der Waals surface area contributed by atoms with Crippen molar-refractivity contribution in [2.45, 2.75) is 44.8 Å². The van der Waals surface area contributed by atoms with E-state index in [1.807, 2.05) is 30.6 Å². The summed E-state index contributed by atoms with van der Waals surface area (Å²) in [6.45, 7) is 6.15. The van der Waals surface area contributed by atoms with E-state index in [9.17, 15) is 9.59 Å². The van der Waals surface area contributed by atoms with Crippen molar-refractivity contribution in [3.8, 4) is 16.3 Å². The van der Waals surface area contributed by atoms with Crippen molar-refractivity contribution in [3.05, 3.63) is 58.6 Å². The Morgan fingerprint density at radius 1 is 1.22 bits per heavy atom. The first-order valence-corrected chi connectivity index (χ1v) is 13.3. The van der Waals surface area contributed by atoms with E-state index < -0.39 is 11.6 Å². The number of amides is 1. The molecule has 8 nitrogen and oxygen atoms in total. The molecule has 2 fully saturated rings. The van der Waals surface area contributed by atoms with Gasteiger partial charge in [0.05, 0.1) is 13.2 Å². The summed E-state index contributed by atoms with van der Waals surface area (Å²) in [4.78, 5) is 32.5. The lowest BCUT2D eigenvalue weighted by Gasteiger charge is -2.37. The Labute approximate surface area is 214 Å². The van der Waals surface area contributed by atoms with Crippen LogP contribution >= 0.6 is 11.3 Å². The lowest BCUT2D eigenvalue weighted by Crippen LogP contribution is -2.46. The number of rotatable bonds is 8. The number of thiazole rings is 1. The van der Waals surface area contributed by atoms with Crippen LogP contribution in [0.25, 0.3) is 10.6 Å². The minimum atomic E-state index is -0.875. The van der Waals surface area contributed by atoms with E-state index in [2.05, 4.69) is 22.0 Å². The third-order valence-corrected chi connectivity index (χ3v) is 7.96. The Bertz CT molecular complexity index is 1180. The molecule has 3 aliphatic rings. The molecular weight excluding hydrogens is 478 g/mol. The molecule has 2 saturated heterocycles. The normalized spacial score (nSPS) is 19.7. The van der Waals surface area contributed by atoms with Crippen LogP contribution in [0.2, 0.25) is 0 Å². The molecule has 0 bridgehead atoms. The minimum Gasteiger partial charge on any atom is -0.494 e. The number of allylic oxidation sites excluding steroid dienone is 2. The van der Waals surface area contributed by atoms with Crippen molar-refractivity contribution in [2.75, 3.05) is 32.8 Å². The van der Waals surface area contributed by atoms with E-state index in [-0.39, 0.29) is 6.09 Å². The van der Waals surface area contributed by atoms with Crippen LogP contribution in [0.3, 0.4) is 0 Å². The van der Waals surface area contributed by atoms with Crippen molar-refractivity contribution >= 4 is 23.4 Å². The first-order valence-electron chi connectivity index (χ1n) is 12.4. The third kappa shape index (κ3) is 5.32. The second kappa shape index (κ2) is 10.4. The number of likely N-dealkylation sites (tertiary alicyclic amines) is 1. The molecule has 0 radical (unpaired) electrons. The maximum Gasteiger partial charge on any atom is 0.410 e. The van der Waals surface area contributed by atoms with Crippen LogP contribution in [0.5, 0.6) is 5.75 Å². The van der Waals surface area contributed by atoms with Crippen LogP contribution in [0, 0.1) is 0 Å². The van der Waals surface area contributed by atoms with Gasteiger partial charge in [-0.2, -0.15) is 0 Å². The van der Waals surface area contributed by atoms with Gasteiger partial charge in [-0.3, -0.25) is 4.90 Å². The average Bonchev–Trinajstić information content (AvgIpc) is 3.50. The third-order valence-electron chi connectivity index (χ3n) is 7.16. The van der Waals surface area contributed by atoms with Crippen molar-refractivity contribution in [2.24, 2.45) is 0 Å². The van der Waals surface area contributed by atoms with Crippen LogP contribution < -0.4 is 4.74 Å². The summed E-state index contributed by atoms with van der Waals surface area (Å²) < 4.78 is 11.7. The number of aromatic nitrogens is 1. The highest BCUT2D eigenvalue weighted by Gasteiger charge is 2.47. The summed E-state index contributed by atoms with van der Waals surface area (Å²) in [5.41, 5.74) is 3.35. The van der Waals surface area contributed by atoms with Crippen LogP contribution in [-0.2, 0) is 16.1 Å². The Kier molecular flexibility index (Phi) is 7.11. The van der Waals surface area contributed by atoms with E-state index in [4.69, 9.17) is 14.6 Å². The summed E-state index contributed by atoms with van der Waals surface area (Å²) in [5, 5.41) is 12.1. The summed E-state index contributed by atoms with van der Waals surface area (Å²) in [7, 11) is 0. The highest BCUT2D eigenvalue weighted by atomic mass is 32.1. The molecule has 2 aliphatic heterocycles. The Morgan fingerprint density at radius 2 is 2.06 bits per heavy atom. The lowest BCUT2D eigenvalue weighted by molar-refractivity contribution is -0.132. The molecule has 1 aliphatic carbocycles. The highest BCUT2D eigenvalue weighted by molar-refractivity contribution is 7.13. The van der Waals surface area contributed by atoms with Crippen LogP contribution in [-0.4, -0.2) is 70.3 Å². The van der Waals surface area contributed by atoms with Gasteiger partial charge in [-0.25, -0.2) is 14.6 Å². The van der Waals surface area contributed by atoms with Gasteiger partial charge in [-0.05, 0) is 43.5 Å². The van der Waals surface area contributed by atoms with Crippen molar-refractivity contribution in [1.82, 2.24) is 14.8 Å². The van der Waals surface area contributed by atoms with Crippen LogP contribution in [0.1, 0.15) is 38.2 Å². The quantitative estimate of drug-likeness (QED) is 0.550. The fourth-order valence-corrected chi connectivity index (χ4v) is 5.89. The van der Waals surface area contributed by atoms with Gasteiger partial charge in [-0.1, -0.05) is 17.7 Å². The fraction of sp³-hybridized carbons (Fsp3) is 0.444. The topological polar surface area (TPSA) is 92.2 Å². The number of benzene rings is 1. The van der Waals surface area contributed by atoms with Crippen molar-refractivity contribution in [1.29, 1.82) is 0 Å². The maximum atomic E-state index is 12.7. The van der Waals surface area contributed by atoms with Gasteiger partial charge in [-0.15, -0.1) is 11.3 Å². The van der Waals surface area contributed by atoms with Gasteiger partial charge in [0.15, 0.2) is 0 Å². The van der Waals surface area contributed by atoms with Gasteiger partial charge in [0.25, 0.3) is 0 Å². The largest absolute Gasteiger partial charge is 0.494 e. The highest BCUT2D eigenvalue weighted by Crippen LogP contribution is 2.36. The summed E-state index contributed by atoms with van der Waals surface area (Å²) >= 11 is 1.63. The van der Waals surface area contributed by atoms with Crippen molar-refractivity contribution in [3.63, 3.8) is 0 Å². The molecule has 1 aromatic carbocycles. The predicted molar refractivity (Wildman–Crippen MR) is 137 cm³/mol. The average molecular weight is 510 g/mol. The van der Waals surface area contributed by atoms with E-state index in [0.717, 1.165) is 54.4 Å². The molecule has 1 spiro atoms. The van der Waals surface area contributed by atoms with Gasteiger partial charge >= 0.3 is 12.1 Å². The first-order chi connectivity index (χ1) is 17.4. The molecule has 1 aromatic heterocycles. The van der Waals surface area contributed by atoms with Crippen LogP contribution in [0.4, 0.5) is 4.79 Å². The minimum absolute atomic E-state index is 0.271. The molecule has 1 N–H and O–H groups in total. The van der Waals surface area contributed by atoms with Gasteiger partial charge in [0.2, 0.25) is 0 Å². The SMILES string of the molecule is CCOc1ccc(-c2nccs2)c(CN2CCC3(CC2)CN(CC2=CC=C(C(=O)O)CC2)C(=O)O3)c1. The summed E-state index contributed by atoms with van der Waals surface area (Å²) in [6, 6.07) is 6.21. The standard InChI is InChI=1S/C27H31N3O5S/c1-2-34-22-7-8-23(24-28-11-14-36-24)21(15-22)17-29-12-9-27(10-13-29)18-30(26(33)35-27)16-19-3-5-20(6-4-19)25(31)32/h3,5,7-8,11,14-15H,2,4,6,9-10,12-13,16-18H2,1H3,(H,31,32). The molecule has 190 valence electrons. The second-order valence-electron chi connectivity index (χ2n) is 9.59. The van der Waals surface area contributed by atoms with E-state index in [1.54, 1.807) is 22.3 Å². The predicted octanol–water partition coefficient (Wildman–Crippen LogP) is 4.73. The molecule has 36 heavy (non-hydrogen) atoms. The lowest BCUT2D eigenvalue weighted by atomic mass is 9.90. The number of carbonyl (C=O) groups excluding carboxylic acids is 1. The molecule has 0 saturated carbocycles. The van der Waals surface area contributed by atoms with Gasteiger partial charge in [0, 0.05) is 61.7 Å². The van der Waals surface area contributed by atoms with E-state index >= 15 is 0 Å². The zero-order valence-electron chi connectivity index (χ0n) is 20.4. The van der Waals surface area contributed by atoms with E-state index in [0.29, 0.717) is 38.1 Å². The van der Waals surface area contributed by atoms with E-state index in [1.165, 1.54) is 5.56 Å². The molecule has 5 rings (SSSR count). The van der Waals surface area contributed by atoms with Gasteiger partial charge < -0.3 is 19.5 Å². The zero-order chi connectivity index (χ0) is 25.1. The number of nitrogens with zero attached hydrogens (tertiary/aromatic N) is 3. The fourth-order valence-electron chi connectivity index (χ4n) is 5.19. The number of carboxylic acids is 1. The molecule has 3 heterocycles. The second-order valence-corrected chi connectivity index (χ2v) is 10.5. The molecule has 1 amide bonds. The monoisotopic (exact) mass is 509 g/mol. The summed E-state index contributed by atoms with van der Waals surface area (Å²) in [6.07, 6.45) is 7.78. The number of hydrogen-bond acceptors (Lipinski definition) is 7. The molecule has 0 unspecified atom stereocenters. The smallest absolute Gasteiger partial charge is 0.410 e. The molecular formula is C27H31N3O5S. The number of hydrogen-bond donors (Lipinski definition) is 1. The zero-order valence-corrected chi connectivity index (χ0v) is 21.3. The first kappa shape index (κ1) is 24.5. The molecule has 2 aromatic rings. The maximum absolute atomic E-state index is 12.7. The van der Waals surface area contributed by atoms with Gasteiger partial charge in [0.1, 0.15) is 16.4 Å². The number of piperidine rings is 1. The Balaban J connectivity index is 1.21. The summed E-state index contributed by atoms with van der Waals surface area (Å²) in [5.74, 6) is -0.0102. The van der Waals surface area contributed by atoms with Crippen molar-refractivity contribution < 1.29 is 24.2 Å². The Hall–Kier alpha value is -3.17. The number of carbonyl (C=O) groups is 2. The van der Waals surface area contributed by atoms with Crippen LogP contribution in [0.15, 0.2) is 53.1 Å². The molecule has 9 heteroatoms. The molecule has 0 atom stereocenters. The number of aliphatic carboxylic acids is 1. The number of carboxylic acid groups (broad SMARTS) is 1. The number of ether oxygens (including phenoxy) is 2. The Morgan fingerprint density at radius 3 is 2.72 bits per heavy atom.